The van der Waals surface area contributed by atoms with Gasteiger partial charge in [-0.15, -0.1) is 12.4 Å². The van der Waals surface area contributed by atoms with Crippen molar-refractivity contribution >= 4 is 18.3 Å². The third-order valence-electron chi connectivity index (χ3n) is 3.61. The summed E-state index contributed by atoms with van der Waals surface area (Å²) in [5.41, 5.74) is 7.27. The fourth-order valence-corrected chi connectivity index (χ4v) is 2.44. The average molecular weight is 331 g/mol. The molecule has 0 saturated carbocycles. The first-order valence-corrected chi connectivity index (χ1v) is 7.93. The van der Waals surface area contributed by atoms with Gasteiger partial charge < -0.3 is 11.1 Å². The number of nitrogens with zero attached hydrogens (tertiary/aromatic N) is 2. The smallest absolute Gasteiger partial charge is 0.255 e. The van der Waals surface area contributed by atoms with Crippen LogP contribution in [-0.2, 0) is 12.0 Å². The van der Waals surface area contributed by atoms with Crippen LogP contribution in [0, 0.1) is 0 Å². The first-order chi connectivity index (χ1) is 9.85. The molecule has 1 atom stereocenters. The molecule has 0 aromatic carbocycles. The Morgan fingerprint density at radius 1 is 1.41 bits per heavy atom. The van der Waals surface area contributed by atoms with Crippen molar-refractivity contribution in [2.45, 2.75) is 71.9 Å². The molecule has 0 saturated heterocycles. The van der Waals surface area contributed by atoms with Crippen molar-refractivity contribution in [2.75, 3.05) is 6.54 Å². The molecule has 1 aromatic heterocycles. The first-order valence-electron chi connectivity index (χ1n) is 7.93. The molecule has 1 aromatic rings. The molecule has 0 fully saturated rings. The van der Waals surface area contributed by atoms with Gasteiger partial charge in [0.2, 0.25) is 0 Å². The summed E-state index contributed by atoms with van der Waals surface area (Å²) < 4.78 is 1.94. The molecule has 0 aliphatic rings. The van der Waals surface area contributed by atoms with E-state index in [4.69, 9.17) is 5.73 Å². The predicted octanol–water partition coefficient (Wildman–Crippen LogP) is 2.87. The van der Waals surface area contributed by atoms with E-state index in [1.807, 2.05) is 11.6 Å². The van der Waals surface area contributed by atoms with Gasteiger partial charge in [0, 0.05) is 12.6 Å². The minimum Gasteiger partial charge on any atom is -0.348 e. The second-order valence-corrected chi connectivity index (χ2v) is 6.49. The van der Waals surface area contributed by atoms with Crippen molar-refractivity contribution in [3.8, 4) is 0 Å². The summed E-state index contributed by atoms with van der Waals surface area (Å²) in [5.74, 6) is -0.0612. The summed E-state index contributed by atoms with van der Waals surface area (Å²) in [4.78, 5) is 12.5. The number of carbonyl (C=O) groups excluding carboxylic acids is 1. The van der Waals surface area contributed by atoms with E-state index in [0.29, 0.717) is 12.1 Å². The molecule has 5 nitrogen and oxygen atoms in total. The summed E-state index contributed by atoms with van der Waals surface area (Å²) in [6.45, 7) is 10.9. The molecule has 3 N–H and O–H groups in total. The highest BCUT2D eigenvalue weighted by Gasteiger charge is 2.23. The third kappa shape index (κ3) is 5.29. The molecule has 128 valence electrons. The van der Waals surface area contributed by atoms with Crippen LogP contribution in [0.3, 0.4) is 0 Å². The quantitative estimate of drug-likeness (QED) is 0.807. The van der Waals surface area contributed by atoms with Gasteiger partial charge in [0.05, 0.1) is 23.0 Å². The Bertz CT molecular complexity index is 465. The maximum Gasteiger partial charge on any atom is 0.255 e. The van der Waals surface area contributed by atoms with Crippen molar-refractivity contribution in [1.82, 2.24) is 15.1 Å². The highest BCUT2D eigenvalue weighted by atomic mass is 35.5. The van der Waals surface area contributed by atoms with E-state index in [1.54, 1.807) is 6.20 Å². The van der Waals surface area contributed by atoms with E-state index < -0.39 is 0 Å². The number of nitrogens with one attached hydrogen (secondary N) is 1. The fraction of sp³-hybridized carbons (Fsp3) is 0.750. The van der Waals surface area contributed by atoms with Gasteiger partial charge in [0.25, 0.3) is 5.91 Å². The second-order valence-electron chi connectivity index (χ2n) is 6.49. The lowest BCUT2D eigenvalue weighted by Gasteiger charge is -2.23. The van der Waals surface area contributed by atoms with Gasteiger partial charge in [-0.25, -0.2) is 0 Å². The number of carbonyl (C=O) groups is 1. The van der Waals surface area contributed by atoms with Crippen LogP contribution >= 0.6 is 12.4 Å². The molecule has 0 spiro atoms. The first kappa shape index (κ1) is 20.9. The standard InChI is InChI=1S/C16H30N4O.ClH/c1-6-8-9-12(10-17)19-15(21)13-11-18-20(14(13)7-2)16(3,4)5;/h11-12H,6-10,17H2,1-5H3,(H,19,21);1H. The average Bonchev–Trinajstić information content (AvgIpc) is 2.87. The lowest BCUT2D eigenvalue weighted by molar-refractivity contribution is 0.0934. The van der Waals surface area contributed by atoms with E-state index in [9.17, 15) is 4.79 Å². The van der Waals surface area contributed by atoms with Crippen molar-refractivity contribution in [2.24, 2.45) is 5.73 Å². The lowest BCUT2D eigenvalue weighted by atomic mass is 10.1. The molecule has 1 rings (SSSR count). The van der Waals surface area contributed by atoms with Crippen LogP contribution in [0.15, 0.2) is 6.20 Å². The third-order valence-corrected chi connectivity index (χ3v) is 3.61. The van der Waals surface area contributed by atoms with Gasteiger partial charge in [-0.3, -0.25) is 9.48 Å². The number of hydrogen-bond acceptors (Lipinski definition) is 3. The van der Waals surface area contributed by atoms with Crippen molar-refractivity contribution < 1.29 is 4.79 Å². The summed E-state index contributed by atoms with van der Waals surface area (Å²) in [7, 11) is 0. The molecule has 22 heavy (non-hydrogen) atoms. The topological polar surface area (TPSA) is 72.9 Å². The van der Waals surface area contributed by atoms with Gasteiger partial charge in [0.15, 0.2) is 0 Å². The van der Waals surface area contributed by atoms with Crippen LogP contribution in [0.4, 0.5) is 0 Å². The highest BCUT2D eigenvalue weighted by Crippen LogP contribution is 2.19. The number of amides is 1. The van der Waals surface area contributed by atoms with Crippen LogP contribution in [-0.4, -0.2) is 28.3 Å². The Balaban J connectivity index is 0.00000441. The molecule has 0 aliphatic carbocycles. The van der Waals surface area contributed by atoms with Crippen molar-refractivity contribution in [3.63, 3.8) is 0 Å². The Kier molecular flexibility index (Phi) is 8.71. The Labute approximate surface area is 140 Å². The molecule has 6 heteroatoms. The summed E-state index contributed by atoms with van der Waals surface area (Å²) in [6, 6.07) is 0.0418. The maximum atomic E-state index is 12.5. The van der Waals surface area contributed by atoms with Crippen LogP contribution in [0.5, 0.6) is 0 Å². The number of rotatable bonds is 7. The normalized spacial score (nSPS) is 12.6. The van der Waals surface area contributed by atoms with Crippen LogP contribution in [0.2, 0.25) is 0 Å². The van der Waals surface area contributed by atoms with Crippen molar-refractivity contribution in [1.29, 1.82) is 0 Å². The van der Waals surface area contributed by atoms with Gasteiger partial charge in [-0.1, -0.05) is 26.7 Å². The SMILES string of the molecule is CCCCC(CN)NC(=O)c1cnn(C(C)(C)C)c1CC.Cl. The molecule has 0 radical (unpaired) electrons. The Morgan fingerprint density at radius 3 is 2.50 bits per heavy atom. The summed E-state index contributed by atoms with van der Waals surface area (Å²) in [6.07, 6.45) is 5.56. The number of nitrogens with two attached hydrogens (primary N) is 1. The maximum absolute atomic E-state index is 12.5. The molecular formula is C16H31ClN4O. The van der Waals surface area contributed by atoms with Gasteiger partial charge in [0.1, 0.15) is 0 Å². The highest BCUT2D eigenvalue weighted by molar-refractivity contribution is 5.95. The number of aromatic nitrogens is 2. The molecule has 1 unspecified atom stereocenters. The summed E-state index contributed by atoms with van der Waals surface area (Å²) in [5, 5.41) is 7.44. The van der Waals surface area contributed by atoms with Crippen LogP contribution < -0.4 is 11.1 Å². The van der Waals surface area contributed by atoms with Crippen molar-refractivity contribution in [3.05, 3.63) is 17.5 Å². The van der Waals surface area contributed by atoms with Gasteiger partial charge in [-0.2, -0.15) is 5.10 Å². The summed E-state index contributed by atoms with van der Waals surface area (Å²) >= 11 is 0. The van der Waals surface area contributed by atoms with Crippen LogP contribution in [0.1, 0.15) is 69.9 Å². The van der Waals surface area contributed by atoms with E-state index in [1.165, 1.54) is 0 Å². The minimum absolute atomic E-state index is 0. The largest absolute Gasteiger partial charge is 0.348 e. The zero-order valence-corrected chi connectivity index (χ0v) is 15.3. The number of halogens is 1. The number of hydrogen-bond donors (Lipinski definition) is 2. The zero-order chi connectivity index (χ0) is 16.0. The molecule has 0 bridgehead atoms. The van der Waals surface area contributed by atoms with E-state index in [2.05, 4.69) is 38.1 Å². The van der Waals surface area contributed by atoms with E-state index >= 15 is 0 Å². The zero-order valence-electron chi connectivity index (χ0n) is 14.5. The monoisotopic (exact) mass is 330 g/mol. The molecule has 1 heterocycles. The minimum atomic E-state index is -0.126. The molecule has 0 aliphatic heterocycles. The van der Waals surface area contributed by atoms with E-state index in [-0.39, 0.29) is 29.9 Å². The Morgan fingerprint density at radius 2 is 2.05 bits per heavy atom. The number of unbranched alkanes of at least 4 members (excludes halogenated alkanes) is 1. The van der Waals surface area contributed by atoms with Gasteiger partial charge >= 0.3 is 0 Å². The second kappa shape index (κ2) is 9.16. The molecule has 1 amide bonds. The molecular weight excluding hydrogens is 300 g/mol. The van der Waals surface area contributed by atoms with E-state index in [0.717, 1.165) is 31.4 Å². The van der Waals surface area contributed by atoms with Crippen LogP contribution in [0.25, 0.3) is 0 Å². The lowest BCUT2D eigenvalue weighted by Crippen LogP contribution is -2.40. The predicted molar refractivity (Wildman–Crippen MR) is 93.7 cm³/mol. The fourth-order valence-electron chi connectivity index (χ4n) is 2.44. The Hall–Kier alpha value is -1.07. The van der Waals surface area contributed by atoms with Gasteiger partial charge in [-0.05, 0) is 33.6 Å².